The fraction of sp³-hybridized carbons (Fsp3) is 0.200. The van der Waals surface area contributed by atoms with E-state index in [0.717, 1.165) is 17.5 Å². The van der Waals surface area contributed by atoms with Crippen molar-refractivity contribution in [2.75, 3.05) is 11.9 Å². The summed E-state index contributed by atoms with van der Waals surface area (Å²) in [4.78, 5) is 24.8. The van der Waals surface area contributed by atoms with E-state index < -0.39 is 0 Å². The molecule has 0 saturated carbocycles. The smallest absolute Gasteiger partial charge is 0.338 e. The van der Waals surface area contributed by atoms with E-state index >= 15 is 0 Å². The fourth-order valence-corrected chi connectivity index (χ4v) is 3.20. The first-order valence-electron chi connectivity index (χ1n) is 9.84. The third-order valence-corrected chi connectivity index (χ3v) is 4.61. The highest BCUT2D eigenvalue weighted by Gasteiger charge is 2.18. The molecular weight excluding hydrogens is 362 g/mol. The average Bonchev–Trinajstić information content (AvgIpc) is 2.77. The minimum Gasteiger partial charge on any atom is -0.462 e. The molecule has 3 aromatic carbocycles. The summed E-state index contributed by atoms with van der Waals surface area (Å²) < 4.78 is 5.17. The standard InChI is InChI=1S/C25H25NO3/c1-2-16-29-25(28)21-14-9-15-22(17-21)26-24(27)18-23(19-10-5-3-6-11-19)20-12-7-4-8-13-20/h3-15,17,23H,2,16,18H2,1H3,(H,26,27). The second-order valence-electron chi connectivity index (χ2n) is 6.84. The molecule has 0 aliphatic heterocycles. The molecule has 0 heterocycles. The normalized spacial score (nSPS) is 10.6. The maximum Gasteiger partial charge on any atom is 0.338 e. The monoisotopic (exact) mass is 387 g/mol. The van der Waals surface area contributed by atoms with Gasteiger partial charge in [0, 0.05) is 18.0 Å². The highest BCUT2D eigenvalue weighted by Crippen LogP contribution is 2.28. The van der Waals surface area contributed by atoms with Gasteiger partial charge < -0.3 is 10.1 Å². The number of hydrogen-bond donors (Lipinski definition) is 1. The molecule has 29 heavy (non-hydrogen) atoms. The lowest BCUT2D eigenvalue weighted by Crippen LogP contribution is -2.17. The van der Waals surface area contributed by atoms with Gasteiger partial charge in [0.15, 0.2) is 0 Å². The first kappa shape index (κ1) is 20.3. The lowest BCUT2D eigenvalue weighted by atomic mass is 9.88. The van der Waals surface area contributed by atoms with Crippen LogP contribution in [-0.2, 0) is 9.53 Å². The van der Waals surface area contributed by atoms with E-state index in [0.29, 0.717) is 24.3 Å². The van der Waals surface area contributed by atoms with E-state index in [2.05, 4.69) is 5.32 Å². The Hall–Kier alpha value is -3.40. The predicted molar refractivity (Wildman–Crippen MR) is 115 cm³/mol. The van der Waals surface area contributed by atoms with Crippen molar-refractivity contribution in [3.63, 3.8) is 0 Å². The van der Waals surface area contributed by atoms with Crippen LogP contribution in [0, 0.1) is 0 Å². The van der Waals surface area contributed by atoms with Crippen molar-refractivity contribution >= 4 is 17.6 Å². The first-order chi connectivity index (χ1) is 14.2. The predicted octanol–water partition coefficient (Wildman–Crippen LogP) is 5.41. The lowest BCUT2D eigenvalue weighted by Gasteiger charge is -2.18. The maximum absolute atomic E-state index is 12.8. The largest absolute Gasteiger partial charge is 0.462 e. The van der Waals surface area contributed by atoms with Crippen LogP contribution in [0.25, 0.3) is 0 Å². The summed E-state index contributed by atoms with van der Waals surface area (Å²) in [6.45, 7) is 2.32. The number of hydrogen-bond acceptors (Lipinski definition) is 3. The van der Waals surface area contributed by atoms with Crippen molar-refractivity contribution in [3.8, 4) is 0 Å². The van der Waals surface area contributed by atoms with Gasteiger partial charge in [-0.25, -0.2) is 4.79 Å². The minimum absolute atomic E-state index is 0.0462. The molecule has 3 aromatic rings. The van der Waals surface area contributed by atoms with Crippen LogP contribution in [0.15, 0.2) is 84.9 Å². The molecule has 1 amide bonds. The van der Waals surface area contributed by atoms with E-state index in [1.54, 1.807) is 24.3 Å². The van der Waals surface area contributed by atoms with Crippen LogP contribution in [0.3, 0.4) is 0 Å². The summed E-state index contributed by atoms with van der Waals surface area (Å²) in [6, 6.07) is 26.9. The Morgan fingerprint density at radius 1 is 0.862 bits per heavy atom. The quantitative estimate of drug-likeness (QED) is 0.526. The van der Waals surface area contributed by atoms with E-state index in [4.69, 9.17) is 4.74 Å². The zero-order chi connectivity index (χ0) is 20.5. The van der Waals surface area contributed by atoms with Gasteiger partial charge >= 0.3 is 5.97 Å². The molecule has 0 unspecified atom stereocenters. The number of nitrogens with one attached hydrogen (secondary N) is 1. The molecule has 4 nitrogen and oxygen atoms in total. The van der Waals surface area contributed by atoms with Gasteiger partial charge in [0.2, 0.25) is 5.91 Å². The minimum atomic E-state index is -0.380. The molecule has 0 aromatic heterocycles. The molecule has 0 radical (unpaired) electrons. The summed E-state index contributed by atoms with van der Waals surface area (Å²) >= 11 is 0. The van der Waals surface area contributed by atoms with Crippen LogP contribution in [-0.4, -0.2) is 18.5 Å². The van der Waals surface area contributed by atoms with Gasteiger partial charge in [0.25, 0.3) is 0 Å². The van der Waals surface area contributed by atoms with Gasteiger partial charge in [-0.05, 0) is 35.7 Å². The van der Waals surface area contributed by atoms with Gasteiger partial charge in [-0.2, -0.15) is 0 Å². The highest BCUT2D eigenvalue weighted by molar-refractivity contribution is 5.95. The fourth-order valence-electron chi connectivity index (χ4n) is 3.20. The Morgan fingerprint density at radius 3 is 2.07 bits per heavy atom. The Labute approximate surface area is 171 Å². The summed E-state index contributed by atoms with van der Waals surface area (Å²) in [5, 5.41) is 2.92. The van der Waals surface area contributed by atoms with E-state index in [9.17, 15) is 9.59 Å². The number of rotatable bonds is 8. The van der Waals surface area contributed by atoms with E-state index in [-0.39, 0.29) is 17.8 Å². The Morgan fingerprint density at radius 2 is 1.48 bits per heavy atom. The molecule has 148 valence electrons. The van der Waals surface area contributed by atoms with Crippen molar-refractivity contribution in [1.29, 1.82) is 0 Å². The number of anilines is 1. The zero-order valence-corrected chi connectivity index (χ0v) is 16.5. The summed E-state index contributed by atoms with van der Waals surface area (Å²) in [5.41, 5.74) is 3.19. The van der Waals surface area contributed by atoms with Gasteiger partial charge in [-0.15, -0.1) is 0 Å². The van der Waals surface area contributed by atoms with Crippen LogP contribution >= 0.6 is 0 Å². The topological polar surface area (TPSA) is 55.4 Å². The average molecular weight is 387 g/mol. The second kappa shape index (κ2) is 10.2. The molecule has 0 saturated heterocycles. The van der Waals surface area contributed by atoms with Crippen LogP contribution < -0.4 is 5.32 Å². The number of amides is 1. The molecule has 0 fully saturated rings. The number of benzene rings is 3. The zero-order valence-electron chi connectivity index (χ0n) is 16.5. The van der Waals surface area contributed by atoms with Gasteiger partial charge in [-0.3, -0.25) is 4.79 Å². The van der Waals surface area contributed by atoms with Crippen LogP contribution in [0.5, 0.6) is 0 Å². The number of ether oxygens (including phenoxy) is 1. The summed E-state index contributed by atoms with van der Waals surface area (Å²) in [5.74, 6) is -0.536. The van der Waals surface area contributed by atoms with E-state index in [1.807, 2.05) is 67.6 Å². The molecule has 0 bridgehead atoms. The van der Waals surface area contributed by atoms with Gasteiger partial charge in [-0.1, -0.05) is 73.7 Å². The molecule has 4 heteroatoms. The van der Waals surface area contributed by atoms with Crippen molar-refractivity contribution in [2.45, 2.75) is 25.7 Å². The third kappa shape index (κ3) is 5.79. The Kier molecular flexibility index (Phi) is 7.17. The van der Waals surface area contributed by atoms with Crippen molar-refractivity contribution in [3.05, 3.63) is 102 Å². The molecule has 1 N–H and O–H groups in total. The highest BCUT2D eigenvalue weighted by atomic mass is 16.5. The van der Waals surface area contributed by atoms with Gasteiger partial charge in [0.05, 0.1) is 12.2 Å². The Balaban J connectivity index is 1.73. The van der Waals surface area contributed by atoms with Crippen molar-refractivity contribution in [1.82, 2.24) is 0 Å². The second-order valence-corrected chi connectivity index (χ2v) is 6.84. The van der Waals surface area contributed by atoms with Crippen molar-refractivity contribution in [2.24, 2.45) is 0 Å². The SMILES string of the molecule is CCCOC(=O)c1cccc(NC(=O)CC(c2ccccc2)c2ccccc2)c1. The molecule has 3 rings (SSSR count). The first-order valence-corrected chi connectivity index (χ1v) is 9.84. The number of carbonyl (C=O) groups is 2. The number of esters is 1. The molecule has 0 aliphatic rings. The molecule has 0 aliphatic carbocycles. The molecule has 0 atom stereocenters. The summed E-state index contributed by atoms with van der Waals surface area (Å²) in [6.07, 6.45) is 1.07. The van der Waals surface area contributed by atoms with Crippen LogP contribution in [0.4, 0.5) is 5.69 Å². The maximum atomic E-state index is 12.8. The van der Waals surface area contributed by atoms with E-state index in [1.165, 1.54) is 0 Å². The van der Waals surface area contributed by atoms with Gasteiger partial charge in [0.1, 0.15) is 0 Å². The lowest BCUT2D eigenvalue weighted by molar-refractivity contribution is -0.116. The van der Waals surface area contributed by atoms with Crippen molar-refractivity contribution < 1.29 is 14.3 Å². The molecular formula is C25H25NO3. The van der Waals surface area contributed by atoms with Crippen LogP contribution in [0.2, 0.25) is 0 Å². The molecule has 0 spiro atoms. The third-order valence-electron chi connectivity index (χ3n) is 4.61. The summed E-state index contributed by atoms with van der Waals surface area (Å²) in [7, 11) is 0. The van der Waals surface area contributed by atoms with Crippen LogP contribution in [0.1, 0.15) is 47.2 Å². The Bertz CT molecular complexity index is 899. The number of carbonyl (C=O) groups excluding carboxylic acids is 2.